The number of rotatable bonds is 5. The van der Waals surface area contributed by atoms with Crippen LogP contribution in [0.1, 0.15) is 11.3 Å². The van der Waals surface area contributed by atoms with Crippen LogP contribution >= 0.6 is 11.3 Å². The van der Waals surface area contributed by atoms with Gasteiger partial charge in [-0.2, -0.15) is 10.2 Å². The standard InChI is InChI=1S/C23H17N5O2S/c1-15-14-31-23(25-15)26-24-12-17-13-28(18-8-3-2-4-9-18)27-21(17)19-11-16-7-5-6-10-20(16)30-22(19)29/h2-14H,1H3,(H,25,26)/b24-12+. The number of anilines is 1. The average Bonchev–Trinajstić information content (AvgIpc) is 3.40. The summed E-state index contributed by atoms with van der Waals surface area (Å²) in [5.41, 5.74) is 6.35. The van der Waals surface area contributed by atoms with E-state index in [2.05, 4.69) is 20.6 Å². The summed E-state index contributed by atoms with van der Waals surface area (Å²) < 4.78 is 7.24. The van der Waals surface area contributed by atoms with E-state index in [1.165, 1.54) is 11.3 Å². The van der Waals surface area contributed by atoms with Gasteiger partial charge in [-0.15, -0.1) is 11.3 Å². The van der Waals surface area contributed by atoms with Crippen molar-refractivity contribution in [2.45, 2.75) is 6.92 Å². The van der Waals surface area contributed by atoms with E-state index >= 15 is 0 Å². The highest BCUT2D eigenvalue weighted by Gasteiger charge is 2.16. The van der Waals surface area contributed by atoms with Crippen LogP contribution in [0.25, 0.3) is 27.9 Å². The number of thiazole rings is 1. The van der Waals surface area contributed by atoms with Gasteiger partial charge in [0.25, 0.3) is 0 Å². The summed E-state index contributed by atoms with van der Waals surface area (Å²) in [5.74, 6) is 0. The minimum absolute atomic E-state index is 0.375. The van der Waals surface area contributed by atoms with Crippen LogP contribution in [0.5, 0.6) is 0 Å². The Kier molecular flexibility index (Phi) is 4.89. The molecule has 0 amide bonds. The third-order valence-electron chi connectivity index (χ3n) is 4.64. The molecule has 5 rings (SSSR count). The summed E-state index contributed by atoms with van der Waals surface area (Å²) in [4.78, 5) is 17.1. The van der Waals surface area contributed by atoms with Crippen molar-refractivity contribution < 1.29 is 4.42 Å². The Hall–Kier alpha value is -4.04. The van der Waals surface area contributed by atoms with Gasteiger partial charge in [0.15, 0.2) is 0 Å². The first-order valence-corrected chi connectivity index (χ1v) is 10.4. The predicted molar refractivity (Wildman–Crippen MR) is 123 cm³/mol. The molecule has 3 aromatic heterocycles. The summed E-state index contributed by atoms with van der Waals surface area (Å²) in [7, 11) is 0. The number of aromatic nitrogens is 3. The van der Waals surface area contributed by atoms with Crippen molar-refractivity contribution in [3.63, 3.8) is 0 Å². The number of nitrogens with one attached hydrogen (secondary N) is 1. The lowest BCUT2D eigenvalue weighted by Gasteiger charge is -2.01. The summed E-state index contributed by atoms with van der Waals surface area (Å²) in [5, 5.41) is 12.4. The molecule has 0 saturated carbocycles. The highest BCUT2D eigenvalue weighted by Crippen LogP contribution is 2.24. The molecule has 5 aromatic rings. The van der Waals surface area contributed by atoms with Crippen LogP contribution < -0.4 is 11.1 Å². The fourth-order valence-electron chi connectivity index (χ4n) is 3.19. The number of benzene rings is 2. The van der Waals surface area contributed by atoms with Crippen molar-refractivity contribution in [2.75, 3.05) is 5.43 Å². The van der Waals surface area contributed by atoms with Crippen LogP contribution in [0, 0.1) is 6.92 Å². The maximum absolute atomic E-state index is 12.7. The highest BCUT2D eigenvalue weighted by molar-refractivity contribution is 7.13. The maximum Gasteiger partial charge on any atom is 0.345 e. The van der Waals surface area contributed by atoms with Gasteiger partial charge < -0.3 is 4.42 Å². The molecule has 0 spiro atoms. The van der Waals surface area contributed by atoms with E-state index in [1.54, 1.807) is 23.0 Å². The molecule has 0 radical (unpaired) electrons. The van der Waals surface area contributed by atoms with Crippen LogP contribution in [-0.4, -0.2) is 21.0 Å². The zero-order valence-electron chi connectivity index (χ0n) is 16.5. The largest absolute Gasteiger partial charge is 0.422 e. The van der Waals surface area contributed by atoms with Crippen molar-refractivity contribution in [2.24, 2.45) is 5.10 Å². The molecule has 0 atom stereocenters. The lowest BCUT2D eigenvalue weighted by Crippen LogP contribution is -2.05. The minimum Gasteiger partial charge on any atom is -0.422 e. The van der Waals surface area contributed by atoms with Crippen molar-refractivity contribution in [3.05, 3.63) is 93.9 Å². The molecule has 0 unspecified atom stereocenters. The van der Waals surface area contributed by atoms with E-state index in [-0.39, 0.29) is 0 Å². The van der Waals surface area contributed by atoms with Gasteiger partial charge in [-0.25, -0.2) is 14.5 Å². The number of nitrogens with zero attached hydrogens (tertiary/aromatic N) is 4. The summed E-state index contributed by atoms with van der Waals surface area (Å²) >= 11 is 1.47. The van der Waals surface area contributed by atoms with Crippen molar-refractivity contribution >= 4 is 33.7 Å². The smallest absolute Gasteiger partial charge is 0.345 e. The summed E-state index contributed by atoms with van der Waals surface area (Å²) in [6.07, 6.45) is 3.46. The third kappa shape index (κ3) is 3.88. The second kappa shape index (κ2) is 8.00. The lowest BCUT2D eigenvalue weighted by molar-refractivity contribution is 0.563. The van der Waals surface area contributed by atoms with Crippen LogP contribution in [0.3, 0.4) is 0 Å². The first-order chi connectivity index (χ1) is 15.2. The molecule has 0 saturated heterocycles. The molecule has 0 aliphatic rings. The van der Waals surface area contributed by atoms with Crippen molar-refractivity contribution in [1.82, 2.24) is 14.8 Å². The predicted octanol–water partition coefficient (Wildman–Crippen LogP) is 4.86. The molecule has 0 bridgehead atoms. The lowest BCUT2D eigenvalue weighted by atomic mass is 10.1. The molecular formula is C23H17N5O2S. The molecule has 31 heavy (non-hydrogen) atoms. The van der Waals surface area contributed by atoms with Crippen molar-refractivity contribution in [3.8, 4) is 16.9 Å². The number of hydrazone groups is 1. The van der Waals surface area contributed by atoms with E-state index < -0.39 is 5.63 Å². The number of aryl methyl sites for hydroxylation is 1. The first-order valence-electron chi connectivity index (χ1n) is 9.57. The molecule has 7 nitrogen and oxygen atoms in total. The van der Waals surface area contributed by atoms with E-state index in [9.17, 15) is 4.79 Å². The van der Waals surface area contributed by atoms with Crippen LogP contribution in [0.15, 0.2) is 86.6 Å². The third-order valence-corrected chi connectivity index (χ3v) is 5.51. The molecule has 0 aliphatic carbocycles. The molecule has 0 fully saturated rings. The topological polar surface area (TPSA) is 85.3 Å². The normalized spacial score (nSPS) is 11.4. The quantitative estimate of drug-likeness (QED) is 0.246. The number of fused-ring (bicyclic) bond motifs is 1. The molecule has 1 N–H and O–H groups in total. The van der Waals surface area contributed by atoms with Gasteiger partial charge in [-0.1, -0.05) is 36.4 Å². The Bertz CT molecular complexity index is 1450. The Morgan fingerprint density at radius 1 is 1.13 bits per heavy atom. The van der Waals surface area contributed by atoms with Crippen LogP contribution in [0.2, 0.25) is 0 Å². The SMILES string of the molecule is Cc1csc(N/N=C/c2cn(-c3ccccc3)nc2-c2cc3ccccc3oc2=O)n1. The monoisotopic (exact) mass is 427 g/mol. The number of hydrogen-bond donors (Lipinski definition) is 1. The summed E-state index contributed by atoms with van der Waals surface area (Å²) in [6.45, 7) is 1.92. The van der Waals surface area contributed by atoms with Crippen LogP contribution in [0.4, 0.5) is 5.13 Å². The Balaban J connectivity index is 1.60. The maximum atomic E-state index is 12.7. The fraction of sp³-hybridized carbons (Fsp3) is 0.0435. The number of para-hydroxylation sites is 2. The molecule has 2 aromatic carbocycles. The van der Waals surface area contributed by atoms with Gasteiger partial charge >= 0.3 is 5.63 Å². The Morgan fingerprint density at radius 2 is 1.94 bits per heavy atom. The second-order valence-electron chi connectivity index (χ2n) is 6.86. The van der Waals surface area contributed by atoms with Gasteiger partial charge in [0.1, 0.15) is 11.3 Å². The zero-order chi connectivity index (χ0) is 21.2. The Labute approximate surface area is 181 Å². The van der Waals surface area contributed by atoms with Gasteiger partial charge in [-0.3, -0.25) is 5.43 Å². The Morgan fingerprint density at radius 3 is 2.74 bits per heavy atom. The first kappa shape index (κ1) is 19.0. The van der Waals surface area contributed by atoms with E-state index in [4.69, 9.17) is 4.42 Å². The highest BCUT2D eigenvalue weighted by atomic mass is 32.1. The molecular weight excluding hydrogens is 410 g/mol. The molecule has 3 heterocycles. The molecule has 152 valence electrons. The second-order valence-corrected chi connectivity index (χ2v) is 7.72. The fourth-order valence-corrected chi connectivity index (χ4v) is 3.83. The minimum atomic E-state index is -0.449. The molecule has 0 aliphatic heterocycles. The van der Waals surface area contributed by atoms with Gasteiger partial charge in [0, 0.05) is 22.5 Å². The van der Waals surface area contributed by atoms with Gasteiger partial charge in [-0.05, 0) is 31.2 Å². The van der Waals surface area contributed by atoms with Crippen LogP contribution in [-0.2, 0) is 0 Å². The zero-order valence-corrected chi connectivity index (χ0v) is 17.3. The van der Waals surface area contributed by atoms with E-state index in [0.29, 0.717) is 27.5 Å². The van der Waals surface area contributed by atoms with Gasteiger partial charge in [0.2, 0.25) is 5.13 Å². The van der Waals surface area contributed by atoms with Gasteiger partial charge in [0.05, 0.1) is 23.2 Å². The number of hydrogen-bond acceptors (Lipinski definition) is 7. The van der Waals surface area contributed by atoms with E-state index in [1.807, 2.05) is 67.0 Å². The van der Waals surface area contributed by atoms with E-state index in [0.717, 1.165) is 16.8 Å². The van der Waals surface area contributed by atoms with Crippen molar-refractivity contribution in [1.29, 1.82) is 0 Å². The average molecular weight is 427 g/mol. The summed E-state index contributed by atoms with van der Waals surface area (Å²) in [6, 6.07) is 18.9. The molecule has 8 heteroatoms.